The van der Waals surface area contributed by atoms with Crippen LogP contribution in [-0.4, -0.2) is 80.6 Å². The van der Waals surface area contributed by atoms with E-state index < -0.39 is 18.1 Å². The van der Waals surface area contributed by atoms with Crippen LogP contribution in [0.1, 0.15) is 232 Å². The Morgan fingerprint density at radius 1 is 0.463 bits per heavy atom. The summed E-state index contributed by atoms with van der Waals surface area (Å²) in [5.41, 5.74) is 0. The summed E-state index contributed by atoms with van der Waals surface area (Å²) in [7, 11) is 5.53. The summed E-state index contributed by atoms with van der Waals surface area (Å²) in [6.45, 7) is 4.62. The van der Waals surface area contributed by atoms with E-state index in [1.807, 2.05) is 21.1 Å². The third kappa shape index (κ3) is 47.6. The molecular formula is C59H104NO7+. The summed E-state index contributed by atoms with van der Waals surface area (Å²) >= 11 is 0. The number of carbonyl (C=O) groups is 3. The number of ether oxygens (including phenoxy) is 3. The lowest BCUT2D eigenvalue weighted by molar-refractivity contribution is -0.887. The van der Waals surface area contributed by atoms with Gasteiger partial charge >= 0.3 is 17.9 Å². The van der Waals surface area contributed by atoms with E-state index >= 15 is 0 Å². The number of hydrogen-bond acceptors (Lipinski definition) is 6. The van der Waals surface area contributed by atoms with Crippen LogP contribution in [0.2, 0.25) is 0 Å². The largest absolute Gasteiger partial charge is 0.477 e. The lowest BCUT2D eigenvalue weighted by Crippen LogP contribution is -2.50. The molecule has 8 nitrogen and oxygen atoms in total. The number of carboxylic acids is 1. The zero-order chi connectivity index (χ0) is 49.2. The molecule has 0 fully saturated rings. The van der Waals surface area contributed by atoms with Gasteiger partial charge in [-0.1, -0.05) is 222 Å². The number of quaternary nitrogens is 1. The molecule has 1 N–H and O–H groups in total. The van der Waals surface area contributed by atoms with E-state index in [2.05, 4.69) is 86.8 Å². The van der Waals surface area contributed by atoms with E-state index in [1.165, 1.54) is 109 Å². The number of rotatable bonds is 49. The van der Waals surface area contributed by atoms with Crippen LogP contribution in [0.25, 0.3) is 0 Å². The first-order valence-corrected chi connectivity index (χ1v) is 27.5. The molecule has 0 aromatic rings. The zero-order valence-electron chi connectivity index (χ0n) is 44.1. The van der Waals surface area contributed by atoms with Crippen molar-refractivity contribution in [1.82, 2.24) is 0 Å². The van der Waals surface area contributed by atoms with Crippen molar-refractivity contribution < 1.29 is 38.2 Å². The number of likely N-dealkylation sites (N-methyl/N-ethyl adjacent to an activating group) is 1. The minimum absolute atomic E-state index is 0.0519. The van der Waals surface area contributed by atoms with Gasteiger partial charge in [-0.2, -0.15) is 0 Å². The Bertz CT molecular complexity index is 1320. The lowest BCUT2D eigenvalue weighted by atomic mass is 10.0. The lowest BCUT2D eigenvalue weighted by Gasteiger charge is -2.31. The second kappa shape index (κ2) is 49.2. The topological polar surface area (TPSA) is 99.1 Å². The fourth-order valence-electron chi connectivity index (χ4n) is 7.92. The molecule has 0 rings (SSSR count). The highest BCUT2D eigenvalue weighted by Crippen LogP contribution is 2.16. The van der Waals surface area contributed by atoms with Gasteiger partial charge in [0.05, 0.1) is 34.4 Å². The Labute approximate surface area is 412 Å². The Morgan fingerprint density at radius 2 is 0.836 bits per heavy atom. The molecule has 67 heavy (non-hydrogen) atoms. The van der Waals surface area contributed by atoms with Crippen LogP contribution in [0.3, 0.4) is 0 Å². The van der Waals surface area contributed by atoms with Gasteiger partial charge in [-0.15, -0.1) is 0 Å². The van der Waals surface area contributed by atoms with Crippen molar-refractivity contribution in [2.75, 3.05) is 41.0 Å². The highest BCUT2D eigenvalue weighted by Gasteiger charge is 2.31. The highest BCUT2D eigenvalue weighted by molar-refractivity contribution is 5.72. The van der Waals surface area contributed by atoms with Gasteiger partial charge in [-0.05, 0) is 64.2 Å². The molecule has 386 valence electrons. The van der Waals surface area contributed by atoms with Crippen LogP contribution in [0.15, 0.2) is 72.9 Å². The summed E-state index contributed by atoms with van der Waals surface area (Å²) < 4.78 is 17.4. The third-order valence-corrected chi connectivity index (χ3v) is 12.1. The van der Waals surface area contributed by atoms with Gasteiger partial charge in [0.25, 0.3) is 0 Å². The molecular weight excluding hydrogens is 835 g/mol. The molecule has 2 unspecified atom stereocenters. The monoisotopic (exact) mass is 939 g/mol. The molecule has 0 aromatic heterocycles. The molecule has 0 saturated heterocycles. The van der Waals surface area contributed by atoms with E-state index in [0.717, 1.165) is 89.9 Å². The van der Waals surface area contributed by atoms with Crippen LogP contribution in [0.5, 0.6) is 0 Å². The van der Waals surface area contributed by atoms with Gasteiger partial charge in [-0.3, -0.25) is 9.59 Å². The molecule has 0 saturated carbocycles. The molecule has 0 heterocycles. The van der Waals surface area contributed by atoms with E-state index in [0.29, 0.717) is 19.3 Å². The van der Waals surface area contributed by atoms with E-state index in [-0.39, 0.29) is 36.2 Å². The minimum atomic E-state index is -0.878. The first-order valence-electron chi connectivity index (χ1n) is 27.5. The summed E-state index contributed by atoms with van der Waals surface area (Å²) in [6, 6.07) is -0.622. The Hall–Kier alpha value is -3.23. The van der Waals surface area contributed by atoms with Crippen LogP contribution >= 0.6 is 0 Å². The van der Waals surface area contributed by atoms with Gasteiger partial charge in [0.15, 0.2) is 12.1 Å². The van der Waals surface area contributed by atoms with Gasteiger partial charge < -0.3 is 23.8 Å². The Morgan fingerprint density at radius 3 is 1.24 bits per heavy atom. The van der Waals surface area contributed by atoms with Gasteiger partial charge in [-0.25, -0.2) is 4.79 Å². The predicted octanol–water partition coefficient (Wildman–Crippen LogP) is 16.3. The van der Waals surface area contributed by atoms with Crippen molar-refractivity contribution in [2.24, 2.45) is 0 Å². The normalized spacial score (nSPS) is 13.4. The maximum atomic E-state index is 12.8. The average Bonchev–Trinajstić information content (AvgIpc) is 3.29. The molecule has 0 aliphatic heterocycles. The van der Waals surface area contributed by atoms with Crippen LogP contribution < -0.4 is 0 Å². The van der Waals surface area contributed by atoms with Crippen molar-refractivity contribution in [1.29, 1.82) is 0 Å². The molecule has 0 amide bonds. The first kappa shape index (κ1) is 63.8. The SMILES string of the molecule is CC/C=C/C/C=C/C/C=C/C/C=C/C/C=C/C/C=C/CCCCCCC(=O)OCC(COCCC(C(=O)O)[N+](C)(C)C)OC(=O)CCCCCCCCCCCCCCCCCCCCCC. The maximum absolute atomic E-state index is 12.8. The van der Waals surface area contributed by atoms with Crippen molar-refractivity contribution in [3.63, 3.8) is 0 Å². The number of esters is 2. The van der Waals surface area contributed by atoms with Gasteiger partial charge in [0.2, 0.25) is 0 Å². The van der Waals surface area contributed by atoms with Crippen molar-refractivity contribution in [3.8, 4) is 0 Å². The summed E-state index contributed by atoms with van der Waals surface area (Å²) in [4.78, 5) is 37.2. The summed E-state index contributed by atoms with van der Waals surface area (Å²) in [5.74, 6) is -1.49. The third-order valence-electron chi connectivity index (χ3n) is 12.1. The summed E-state index contributed by atoms with van der Waals surface area (Å²) in [5, 5.41) is 9.67. The van der Waals surface area contributed by atoms with Crippen molar-refractivity contribution in [2.45, 2.75) is 244 Å². The molecule has 0 aromatic carbocycles. The fourth-order valence-corrected chi connectivity index (χ4v) is 7.92. The molecule has 0 aliphatic carbocycles. The Balaban J connectivity index is 4.26. The number of hydrogen-bond donors (Lipinski definition) is 1. The minimum Gasteiger partial charge on any atom is -0.477 e. The first-order chi connectivity index (χ1) is 32.6. The molecule has 8 heteroatoms. The number of aliphatic carboxylic acids is 1. The quantitative estimate of drug-likeness (QED) is 0.0281. The second-order valence-electron chi connectivity index (χ2n) is 19.5. The predicted molar refractivity (Wildman–Crippen MR) is 284 cm³/mol. The molecule has 0 bridgehead atoms. The number of carbonyl (C=O) groups excluding carboxylic acids is 2. The molecule has 0 aliphatic rings. The van der Waals surface area contributed by atoms with Gasteiger partial charge in [0, 0.05) is 19.3 Å². The summed E-state index contributed by atoms with van der Waals surface area (Å²) in [6.07, 6.45) is 63.8. The van der Waals surface area contributed by atoms with Crippen LogP contribution in [0.4, 0.5) is 0 Å². The highest BCUT2D eigenvalue weighted by atomic mass is 16.6. The van der Waals surface area contributed by atoms with Crippen molar-refractivity contribution in [3.05, 3.63) is 72.9 Å². The van der Waals surface area contributed by atoms with Crippen molar-refractivity contribution >= 4 is 17.9 Å². The number of carboxylic acid groups (broad SMARTS) is 1. The van der Waals surface area contributed by atoms with E-state index in [1.54, 1.807) is 0 Å². The van der Waals surface area contributed by atoms with E-state index in [9.17, 15) is 19.5 Å². The maximum Gasteiger partial charge on any atom is 0.362 e. The molecule has 0 spiro atoms. The smallest absolute Gasteiger partial charge is 0.362 e. The molecule has 0 radical (unpaired) electrons. The number of unbranched alkanes of at least 4 members (excludes halogenated alkanes) is 23. The zero-order valence-corrected chi connectivity index (χ0v) is 44.1. The van der Waals surface area contributed by atoms with Gasteiger partial charge in [0.1, 0.15) is 6.61 Å². The average molecular weight is 939 g/mol. The van der Waals surface area contributed by atoms with Crippen LogP contribution in [-0.2, 0) is 28.6 Å². The number of allylic oxidation sites excluding steroid dienone is 12. The fraction of sp³-hybridized carbons (Fsp3) is 0.746. The number of nitrogens with zero attached hydrogens (tertiary/aromatic N) is 1. The molecule has 2 atom stereocenters. The standard InChI is InChI=1S/C59H103NO7/c1-6-8-10-12-14-16-18-20-22-24-26-28-29-30-32-33-35-37-39-41-43-45-47-49-57(61)66-54-55(53-65-52-51-56(59(63)64)60(3,4)5)67-58(62)50-48-46-44-42-40-38-36-34-31-27-25-23-21-19-17-15-13-11-9-7-2/h8,10,14,16,20,22,26,28,30,32,35,37,55-56H,6-7,9,11-13,15,17-19,21,23-25,27,29,31,33-34,36,38-54H2,1-5H3/p+1/b10-8+,16-14+,22-20+,28-26+,32-30+,37-35+. The van der Waals surface area contributed by atoms with Crippen LogP contribution in [0, 0.1) is 0 Å². The second-order valence-corrected chi connectivity index (χ2v) is 19.5. The Kier molecular flexibility index (Phi) is 46.8. The van der Waals surface area contributed by atoms with E-state index in [4.69, 9.17) is 14.2 Å².